The van der Waals surface area contributed by atoms with Gasteiger partial charge in [-0.25, -0.2) is 0 Å². The second-order valence-corrected chi connectivity index (χ2v) is 6.50. The van der Waals surface area contributed by atoms with Crippen LogP contribution in [0, 0.1) is 5.92 Å². The molecule has 1 unspecified atom stereocenters. The van der Waals surface area contributed by atoms with Gasteiger partial charge in [-0.15, -0.1) is 0 Å². The summed E-state index contributed by atoms with van der Waals surface area (Å²) < 4.78 is 10.5. The molecule has 0 bridgehead atoms. The Morgan fingerprint density at radius 3 is 2.68 bits per heavy atom. The molecule has 1 saturated carbocycles. The second-order valence-electron chi connectivity index (χ2n) is 6.50. The van der Waals surface area contributed by atoms with E-state index in [2.05, 4.69) is 27.2 Å². The molecule has 0 saturated heterocycles. The molecule has 6 nitrogen and oxygen atoms in total. The highest BCUT2D eigenvalue weighted by molar-refractivity contribution is 5.51. The van der Waals surface area contributed by atoms with Gasteiger partial charge in [0.05, 0.1) is 25.0 Å². The lowest BCUT2D eigenvalue weighted by atomic mass is 10.1. The zero-order valence-electron chi connectivity index (χ0n) is 13.9. The average Bonchev–Trinajstić information content (AvgIpc) is 3.12. The SMILES string of the molecule is OCC(C1CC1)N(Cc1ccccc1)Cc1nc(-c2ccoc2)no1. The molecule has 1 aromatic carbocycles. The van der Waals surface area contributed by atoms with Crippen molar-refractivity contribution in [1.29, 1.82) is 0 Å². The van der Waals surface area contributed by atoms with E-state index in [4.69, 9.17) is 8.94 Å². The van der Waals surface area contributed by atoms with Crippen molar-refractivity contribution >= 4 is 0 Å². The van der Waals surface area contributed by atoms with Crippen LogP contribution in [0.5, 0.6) is 0 Å². The van der Waals surface area contributed by atoms with Crippen molar-refractivity contribution in [2.75, 3.05) is 6.61 Å². The first-order chi connectivity index (χ1) is 12.3. The fourth-order valence-corrected chi connectivity index (χ4v) is 3.15. The lowest BCUT2D eigenvalue weighted by Gasteiger charge is -2.29. The molecule has 0 radical (unpaired) electrons. The van der Waals surface area contributed by atoms with Crippen LogP contribution in [-0.4, -0.2) is 32.8 Å². The number of hydrogen-bond donors (Lipinski definition) is 1. The molecule has 25 heavy (non-hydrogen) atoms. The number of benzene rings is 1. The van der Waals surface area contributed by atoms with Crippen molar-refractivity contribution in [3.63, 3.8) is 0 Å². The van der Waals surface area contributed by atoms with Gasteiger partial charge in [0.25, 0.3) is 0 Å². The van der Waals surface area contributed by atoms with Crippen LogP contribution in [0.15, 0.2) is 57.9 Å². The Morgan fingerprint density at radius 2 is 2.00 bits per heavy atom. The molecule has 130 valence electrons. The molecule has 2 aromatic heterocycles. The maximum Gasteiger partial charge on any atom is 0.241 e. The van der Waals surface area contributed by atoms with E-state index < -0.39 is 0 Å². The van der Waals surface area contributed by atoms with Crippen LogP contribution in [0.25, 0.3) is 11.4 Å². The number of nitrogens with zero attached hydrogens (tertiary/aromatic N) is 3. The summed E-state index contributed by atoms with van der Waals surface area (Å²) in [6.45, 7) is 1.40. The van der Waals surface area contributed by atoms with Crippen LogP contribution < -0.4 is 0 Å². The molecule has 2 heterocycles. The standard InChI is InChI=1S/C19H21N3O3/c23-12-17(15-6-7-15)22(10-14-4-2-1-3-5-14)11-18-20-19(21-25-18)16-8-9-24-13-16/h1-5,8-9,13,15,17,23H,6-7,10-12H2. The van der Waals surface area contributed by atoms with Crippen molar-refractivity contribution in [2.24, 2.45) is 5.92 Å². The van der Waals surface area contributed by atoms with Crippen molar-refractivity contribution in [2.45, 2.75) is 32.0 Å². The van der Waals surface area contributed by atoms with Gasteiger partial charge in [0.15, 0.2) is 0 Å². The summed E-state index contributed by atoms with van der Waals surface area (Å²) in [5.41, 5.74) is 2.00. The molecule has 0 amide bonds. The smallest absolute Gasteiger partial charge is 0.241 e. The third-order valence-electron chi connectivity index (χ3n) is 4.64. The van der Waals surface area contributed by atoms with Crippen molar-refractivity contribution in [1.82, 2.24) is 15.0 Å². The minimum atomic E-state index is 0.115. The Bertz CT molecular complexity index is 781. The van der Waals surface area contributed by atoms with Crippen LogP contribution in [0.2, 0.25) is 0 Å². The van der Waals surface area contributed by atoms with Gasteiger partial charge < -0.3 is 14.0 Å². The van der Waals surface area contributed by atoms with Crippen LogP contribution in [0.3, 0.4) is 0 Å². The highest BCUT2D eigenvalue weighted by atomic mass is 16.5. The predicted molar refractivity (Wildman–Crippen MR) is 91.3 cm³/mol. The summed E-state index contributed by atoms with van der Waals surface area (Å²) in [5, 5.41) is 13.9. The molecule has 1 aliphatic rings. The Morgan fingerprint density at radius 1 is 1.16 bits per heavy atom. The Labute approximate surface area is 146 Å². The van der Waals surface area contributed by atoms with E-state index >= 15 is 0 Å². The van der Waals surface area contributed by atoms with Gasteiger partial charge in [0.2, 0.25) is 11.7 Å². The molecule has 6 heteroatoms. The monoisotopic (exact) mass is 339 g/mol. The number of furan rings is 1. The van der Waals surface area contributed by atoms with Crippen molar-refractivity contribution in [3.05, 3.63) is 60.4 Å². The minimum absolute atomic E-state index is 0.115. The zero-order chi connectivity index (χ0) is 17.1. The average molecular weight is 339 g/mol. The number of aliphatic hydroxyl groups excluding tert-OH is 1. The molecule has 1 fully saturated rings. The molecular formula is C19H21N3O3. The lowest BCUT2D eigenvalue weighted by molar-refractivity contribution is 0.0845. The number of rotatable bonds is 8. The third kappa shape index (κ3) is 3.81. The Balaban J connectivity index is 1.53. The minimum Gasteiger partial charge on any atom is -0.472 e. The quantitative estimate of drug-likeness (QED) is 0.680. The van der Waals surface area contributed by atoms with Crippen LogP contribution in [0.4, 0.5) is 0 Å². The fourth-order valence-electron chi connectivity index (χ4n) is 3.15. The summed E-state index contributed by atoms with van der Waals surface area (Å²) in [6, 6.07) is 12.2. The zero-order valence-corrected chi connectivity index (χ0v) is 13.9. The lowest BCUT2D eigenvalue weighted by Crippen LogP contribution is -2.38. The normalized spacial score (nSPS) is 15.6. The summed E-state index contributed by atoms with van der Waals surface area (Å²) >= 11 is 0. The van der Waals surface area contributed by atoms with Crippen LogP contribution in [-0.2, 0) is 13.1 Å². The summed E-state index contributed by atoms with van der Waals surface area (Å²) in [4.78, 5) is 6.71. The van der Waals surface area contributed by atoms with Crippen LogP contribution >= 0.6 is 0 Å². The Kier molecular flexibility index (Phi) is 4.63. The molecule has 1 N–H and O–H groups in total. The van der Waals surface area contributed by atoms with Gasteiger partial charge in [-0.3, -0.25) is 4.90 Å². The van der Waals surface area contributed by atoms with E-state index in [-0.39, 0.29) is 12.6 Å². The number of aromatic nitrogens is 2. The van der Waals surface area contributed by atoms with Gasteiger partial charge in [0.1, 0.15) is 6.26 Å². The van der Waals surface area contributed by atoms with Crippen molar-refractivity contribution < 1.29 is 14.0 Å². The maximum atomic E-state index is 9.90. The molecule has 4 rings (SSSR count). The molecule has 3 aromatic rings. The van der Waals surface area contributed by atoms with E-state index in [0.29, 0.717) is 24.2 Å². The van der Waals surface area contributed by atoms with Crippen molar-refractivity contribution in [3.8, 4) is 11.4 Å². The van der Waals surface area contributed by atoms with Crippen LogP contribution in [0.1, 0.15) is 24.3 Å². The molecule has 1 aliphatic carbocycles. The van der Waals surface area contributed by atoms with E-state index in [1.165, 1.54) is 18.4 Å². The molecular weight excluding hydrogens is 318 g/mol. The van der Waals surface area contributed by atoms with Gasteiger partial charge in [-0.2, -0.15) is 4.98 Å². The van der Waals surface area contributed by atoms with E-state index in [0.717, 1.165) is 12.1 Å². The summed E-state index contributed by atoms with van der Waals surface area (Å²) in [5.74, 6) is 1.62. The van der Waals surface area contributed by atoms with E-state index in [1.807, 2.05) is 18.2 Å². The van der Waals surface area contributed by atoms with Gasteiger partial charge >= 0.3 is 0 Å². The first kappa shape index (κ1) is 16.1. The first-order valence-electron chi connectivity index (χ1n) is 8.57. The van der Waals surface area contributed by atoms with E-state index in [1.54, 1.807) is 18.6 Å². The van der Waals surface area contributed by atoms with Gasteiger partial charge in [0, 0.05) is 12.6 Å². The van der Waals surface area contributed by atoms with E-state index in [9.17, 15) is 5.11 Å². The first-order valence-corrected chi connectivity index (χ1v) is 8.57. The highest BCUT2D eigenvalue weighted by Gasteiger charge is 2.35. The second kappa shape index (κ2) is 7.21. The third-order valence-corrected chi connectivity index (χ3v) is 4.64. The predicted octanol–water partition coefficient (Wildman–Crippen LogP) is 3.10. The van der Waals surface area contributed by atoms with Gasteiger partial charge in [-0.05, 0) is 30.4 Å². The number of aliphatic hydroxyl groups is 1. The molecule has 1 atom stereocenters. The maximum absolute atomic E-state index is 9.90. The fraction of sp³-hybridized carbons (Fsp3) is 0.368. The molecule has 0 aliphatic heterocycles. The summed E-state index contributed by atoms with van der Waals surface area (Å²) in [6.07, 6.45) is 5.51. The highest BCUT2D eigenvalue weighted by Crippen LogP contribution is 2.36. The largest absolute Gasteiger partial charge is 0.472 e. The Hall–Kier alpha value is -2.44. The topological polar surface area (TPSA) is 75.5 Å². The van der Waals surface area contributed by atoms with Gasteiger partial charge in [-0.1, -0.05) is 35.5 Å². The summed E-state index contributed by atoms with van der Waals surface area (Å²) in [7, 11) is 0. The number of hydrogen-bond acceptors (Lipinski definition) is 6. The molecule has 0 spiro atoms.